The van der Waals surface area contributed by atoms with Crippen LogP contribution >= 0.6 is 0 Å². The van der Waals surface area contributed by atoms with Gasteiger partial charge in [0.15, 0.2) is 0 Å². The molecule has 3 aliphatic carbocycles. The lowest BCUT2D eigenvalue weighted by atomic mass is 9.67. The zero-order valence-corrected chi connectivity index (χ0v) is 15.5. The van der Waals surface area contributed by atoms with Gasteiger partial charge in [0.05, 0.1) is 0 Å². The summed E-state index contributed by atoms with van der Waals surface area (Å²) < 4.78 is 57.1. The molecule has 0 bridgehead atoms. The third-order valence-corrected chi connectivity index (χ3v) is 7.42. The van der Waals surface area contributed by atoms with Gasteiger partial charge < -0.3 is 0 Å². The molecule has 0 spiro atoms. The average Bonchev–Trinajstić information content (AvgIpc) is 2.88. The van der Waals surface area contributed by atoms with Gasteiger partial charge in [-0.2, -0.15) is 0 Å². The van der Waals surface area contributed by atoms with Gasteiger partial charge in [-0.1, -0.05) is 32.6 Å². The molecule has 0 aromatic carbocycles. The van der Waals surface area contributed by atoms with Gasteiger partial charge in [0, 0.05) is 5.92 Å². The fourth-order valence-corrected chi connectivity index (χ4v) is 5.82. The van der Waals surface area contributed by atoms with Crippen LogP contribution in [0, 0.1) is 29.6 Å². The first-order valence-corrected chi connectivity index (χ1v) is 10.5. The molecule has 3 rings (SSSR count). The minimum absolute atomic E-state index is 0.117. The lowest BCUT2D eigenvalue weighted by molar-refractivity contribution is -0.0120. The van der Waals surface area contributed by atoms with Gasteiger partial charge in [-0.15, -0.1) is 0 Å². The third-order valence-electron chi connectivity index (χ3n) is 7.42. The van der Waals surface area contributed by atoms with Crippen molar-refractivity contribution in [1.82, 2.24) is 0 Å². The number of rotatable bonds is 2. The molecule has 3 fully saturated rings. The Kier molecular flexibility index (Phi) is 6.71. The summed E-state index contributed by atoms with van der Waals surface area (Å²) in [6, 6.07) is 0. The van der Waals surface area contributed by atoms with Crippen LogP contribution < -0.4 is 0 Å². The Labute approximate surface area is 150 Å². The van der Waals surface area contributed by atoms with Gasteiger partial charge in [-0.3, -0.25) is 0 Å². The summed E-state index contributed by atoms with van der Waals surface area (Å²) in [6.45, 7) is 2.28. The lowest BCUT2D eigenvalue weighted by Crippen LogP contribution is -2.42. The second-order valence-electron chi connectivity index (χ2n) is 9.16. The Hall–Kier alpha value is -0.280. The normalized spacial score (nSPS) is 50.0. The van der Waals surface area contributed by atoms with Crippen molar-refractivity contribution in [3.63, 3.8) is 0 Å². The summed E-state index contributed by atoms with van der Waals surface area (Å²) in [5, 5.41) is 0. The Morgan fingerprint density at radius 2 is 1.08 bits per heavy atom. The van der Waals surface area contributed by atoms with Crippen LogP contribution in [0.4, 0.5) is 17.6 Å². The molecule has 0 nitrogen and oxygen atoms in total. The monoisotopic (exact) mass is 362 g/mol. The predicted octanol–water partition coefficient (Wildman–Crippen LogP) is 6.77. The van der Waals surface area contributed by atoms with Crippen molar-refractivity contribution in [2.75, 3.05) is 0 Å². The molecule has 0 N–H and O–H groups in total. The molecule has 0 heterocycles. The van der Waals surface area contributed by atoms with Crippen LogP contribution in [0.2, 0.25) is 0 Å². The van der Waals surface area contributed by atoms with Gasteiger partial charge in [0.2, 0.25) is 0 Å². The van der Waals surface area contributed by atoms with Gasteiger partial charge in [-0.25, -0.2) is 17.6 Å². The Morgan fingerprint density at radius 3 is 1.68 bits per heavy atom. The molecule has 6 atom stereocenters. The quantitative estimate of drug-likeness (QED) is 0.375. The van der Waals surface area contributed by atoms with Crippen molar-refractivity contribution in [3.05, 3.63) is 0 Å². The summed E-state index contributed by atoms with van der Waals surface area (Å²) in [4.78, 5) is 0. The smallest absolute Gasteiger partial charge is 0.131 e. The highest BCUT2D eigenvalue weighted by atomic mass is 19.2. The molecule has 3 aliphatic rings. The molecular weight excluding hydrogens is 328 g/mol. The minimum Gasteiger partial charge on any atom is -0.247 e. The molecule has 0 aliphatic heterocycles. The molecule has 146 valence electrons. The van der Waals surface area contributed by atoms with E-state index in [9.17, 15) is 17.6 Å². The first kappa shape index (κ1) is 19.5. The third kappa shape index (κ3) is 4.71. The van der Waals surface area contributed by atoms with E-state index in [2.05, 4.69) is 6.92 Å². The van der Waals surface area contributed by atoms with Gasteiger partial charge in [-0.05, 0) is 68.6 Å². The molecule has 0 aromatic rings. The second kappa shape index (κ2) is 8.61. The zero-order valence-electron chi connectivity index (χ0n) is 15.5. The summed E-state index contributed by atoms with van der Waals surface area (Å²) in [7, 11) is 0. The standard InChI is InChI=1S/C21H34F4/c1-13-3-2-4-14(6-5-13)16-11-19(24)21(20(25)12-16)15-7-9-17(22)18(23)10-8-15/h13-21H,2-12H2,1H3. The van der Waals surface area contributed by atoms with E-state index in [-0.39, 0.29) is 24.7 Å². The Balaban J connectivity index is 1.60. The van der Waals surface area contributed by atoms with Crippen molar-refractivity contribution in [2.24, 2.45) is 29.6 Å². The van der Waals surface area contributed by atoms with E-state index in [1.54, 1.807) is 0 Å². The maximum Gasteiger partial charge on any atom is 0.131 e. The van der Waals surface area contributed by atoms with E-state index in [4.69, 9.17) is 0 Å². The molecule has 0 amide bonds. The number of halogens is 4. The Bertz CT molecular complexity index is 391. The van der Waals surface area contributed by atoms with Crippen LogP contribution in [-0.4, -0.2) is 24.7 Å². The first-order chi connectivity index (χ1) is 12.0. The highest BCUT2D eigenvalue weighted by Gasteiger charge is 2.45. The topological polar surface area (TPSA) is 0 Å². The second-order valence-corrected chi connectivity index (χ2v) is 9.16. The van der Waals surface area contributed by atoms with Gasteiger partial charge in [0.1, 0.15) is 24.7 Å². The molecule has 4 heteroatoms. The van der Waals surface area contributed by atoms with E-state index in [1.165, 1.54) is 19.3 Å². The number of alkyl halides is 4. The first-order valence-electron chi connectivity index (χ1n) is 10.5. The number of hydrogen-bond donors (Lipinski definition) is 0. The van der Waals surface area contributed by atoms with Crippen molar-refractivity contribution >= 4 is 0 Å². The summed E-state index contributed by atoms with van der Waals surface area (Å²) >= 11 is 0. The molecule has 0 radical (unpaired) electrons. The Morgan fingerprint density at radius 1 is 0.520 bits per heavy atom. The van der Waals surface area contributed by atoms with Crippen LogP contribution in [-0.2, 0) is 0 Å². The average molecular weight is 362 g/mol. The van der Waals surface area contributed by atoms with Crippen molar-refractivity contribution in [2.45, 2.75) is 102 Å². The van der Waals surface area contributed by atoms with Crippen LogP contribution in [0.1, 0.15) is 77.6 Å². The van der Waals surface area contributed by atoms with Crippen LogP contribution in [0.3, 0.4) is 0 Å². The molecule has 6 unspecified atom stereocenters. The predicted molar refractivity (Wildman–Crippen MR) is 93.5 cm³/mol. The van der Waals surface area contributed by atoms with Gasteiger partial charge in [0.25, 0.3) is 0 Å². The highest BCUT2D eigenvalue weighted by Crippen LogP contribution is 2.47. The van der Waals surface area contributed by atoms with Crippen molar-refractivity contribution in [3.8, 4) is 0 Å². The molecular formula is C21H34F4. The molecule has 0 saturated heterocycles. The van der Waals surface area contributed by atoms with E-state index in [0.717, 1.165) is 18.8 Å². The molecule has 0 aromatic heterocycles. The summed E-state index contributed by atoms with van der Waals surface area (Å²) in [6.07, 6.45) is 2.61. The largest absolute Gasteiger partial charge is 0.247 e. The van der Waals surface area contributed by atoms with Gasteiger partial charge >= 0.3 is 0 Å². The van der Waals surface area contributed by atoms with E-state index >= 15 is 0 Å². The SMILES string of the molecule is CC1CCCC(C2CC(F)C(C3CCC(F)C(F)CC3)C(F)C2)CC1. The maximum absolute atomic E-state index is 15.0. The summed E-state index contributed by atoms with van der Waals surface area (Å²) in [5.41, 5.74) is 0. The van der Waals surface area contributed by atoms with Crippen molar-refractivity contribution < 1.29 is 17.6 Å². The molecule has 25 heavy (non-hydrogen) atoms. The fraction of sp³-hybridized carbons (Fsp3) is 1.00. The minimum atomic E-state index is -1.45. The van der Waals surface area contributed by atoms with Crippen LogP contribution in [0.5, 0.6) is 0 Å². The fourth-order valence-electron chi connectivity index (χ4n) is 5.82. The molecule has 3 saturated carbocycles. The van der Waals surface area contributed by atoms with Crippen LogP contribution in [0.25, 0.3) is 0 Å². The lowest BCUT2D eigenvalue weighted by Gasteiger charge is -2.41. The van der Waals surface area contributed by atoms with E-state index in [1.807, 2.05) is 0 Å². The number of hydrogen-bond acceptors (Lipinski definition) is 0. The maximum atomic E-state index is 15.0. The van der Waals surface area contributed by atoms with Crippen molar-refractivity contribution in [1.29, 1.82) is 0 Å². The summed E-state index contributed by atoms with van der Waals surface area (Å²) in [5.74, 6) is 0.511. The highest BCUT2D eigenvalue weighted by molar-refractivity contribution is 4.94. The van der Waals surface area contributed by atoms with E-state index < -0.39 is 30.6 Å². The van der Waals surface area contributed by atoms with E-state index in [0.29, 0.717) is 31.6 Å². The van der Waals surface area contributed by atoms with Crippen LogP contribution in [0.15, 0.2) is 0 Å². The zero-order chi connectivity index (χ0) is 18.0.